The Morgan fingerprint density at radius 2 is 0.686 bits per heavy atom. The number of nitrogens with zero attached hydrogens (tertiary/aromatic N) is 2. The summed E-state index contributed by atoms with van der Waals surface area (Å²) in [4.78, 5) is 70.4. The molecule has 0 spiro atoms. The quantitative estimate of drug-likeness (QED) is 0.121. The summed E-state index contributed by atoms with van der Waals surface area (Å²) in [7, 11) is 0. The van der Waals surface area contributed by atoms with E-state index < -0.39 is 61.9 Å². The number of carboxylic acids is 4. The summed E-state index contributed by atoms with van der Waals surface area (Å²) in [6.07, 6.45) is 0. The van der Waals surface area contributed by atoms with Crippen LogP contribution in [-0.4, -0.2) is 105 Å². The van der Waals surface area contributed by atoms with Crippen LogP contribution in [0.5, 0.6) is 0 Å². The number of benzene rings is 2. The van der Waals surface area contributed by atoms with E-state index in [9.17, 15) is 28.8 Å². The van der Waals surface area contributed by atoms with Crippen LogP contribution < -0.4 is 10.6 Å². The number of amides is 2. The van der Waals surface area contributed by atoms with Gasteiger partial charge in [0.1, 0.15) is 0 Å². The van der Waals surface area contributed by atoms with Crippen LogP contribution in [-0.2, 0) is 48.9 Å². The smallest absolute Gasteiger partial charge is 0.317 e. The van der Waals surface area contributed by atoms with Gasteiger partial charge in [0.05, 0.1) is 39.3 Å². The van der Waals surface area contributed by atoms with Crippen molar-refractivity contribution >= 4 is 47.1 Å². The van der Waals surface area contributed by atoms with Crippen molar-refractivity contribution in [3.8, 4) is 0 Å². The van der Waals surface area contributed by atoms with Crippen molar-refractivity contribution < 1.29 is 69.3 Å². The van der Waals surface area contributed by atoms with Crippen molar-refractivity contribution in [3.05, 3.63) is 58.7 Å². The standard InChI is InChI=1S/2C18H26N2O5.Tc/c2*1-11(2)13-6-5-7-14(12(3)4)18(13)19-15(21)8-20(9-16(22)23)10-17(24)25;/h2*5-7,11-12H,8-10H2,1-4H3,(H,19,21)(H,22,23)(H,24,25);/i;;1+1. The van der Waals surface area contributed by atoms with Gasteiger partial charge in [-0.15, -0.1) is 0 Å². The largest absolute Gasteiger partial charge is 0.480 e. The Kier molecular flexibility index (Phi) is 20.8. The van der Waals surface area contributed by atoms with Gasteiger partial charge < -0.3 is 31.1 Å². The normalized spacial score (nSPS) is 10.9. The number of nitrogens with one attached hydrogen (secondary N) is 2. The minimum Gasteiger partial charge on any atom is -0.480 e. The van der Waals surface area contributed by atoms with Gasteiger partial charge in [0.25, 0.3) is 0 Å². The second-order valence-electron chi connectivity index (χ2n) is 13.2. The number of hydrogen-bond donors (Lipinski definition) is 6. The summed E-state index contributed by atoms with van der Waals surface area (Å²) >= 11 is 0. The SMILES string of the molecule is CC(C)c1cccc(C(C)C)c1NC(=O)CN(CC(=O)O)CC(=O)O.CC(C)c1cccc(C(C)C)c1NC(=O)CN(CC(=O)O)CC(=O)O.[99Tc]. The van der Waals surface area contributed by atoms with Crippen molar-refractivity contribution in [1.82, 2.24) is 9.80 Å². The Balaban J connectivity index is 0.000000962. The number of rotatable bonds is 18. The molecule has 15 heteroatoms. The Morgan fingerprint density at radius 1 is 0.471 bits per heavy atom. The number of hydrogen-bond acceptors (Lipinski definition) is 8. The minimum absolute atomic E-state index is 0. The van der Waals surface area contributed by atoms with Crippen molar-refractivity contribution in [2.75, 3.05) is 49.9 Å². The first-order valence-electron chi connectivity index (χ1n) is 16.4. The number of carbonyl (C=O) groups is 6. The maximum absolute atomic E-state index is 12.4. The molecule has 0 heterocycles. The molecule has 51 heavy (non-hydrogen) atoms. The van der Waals surface area contributed by atoms with E-state index in [0.717, 1.165) is 43.4 Å². The second kappa shape index (κ2) is 22.6. The average molecular weight is 800 g/mol. The summed E-state index contributed by atoms with van der Waals surface area (Å²) in [5.41, 5.74) is 5.40. The van der Waals surface area contributed by atoms with Crippen LogP contribution in [0.25, 0.3) is 0 Å². The number of carboxylic acid groups (broad SMARTS) is 4. The molecule has 0 saturated carbocycles. The van der Waals surface area contributed by atoms with Crippen LogP contribution in [0.2, 0.25) is 0 Å². The van der Waals surface area contributed by atoms with Gasteiger partial charge in [-0.3, -0.25) is 38.6 Å². The summed E-state index contributed by atoms with van der Waals surface area (Å²) in [6, 6.07) is 11.7. The summed E-state index contributed by atoms with van der Waals surface area (Å²) in [6.45, 7) is 13.5. The molecule has 0 fully saturated rings. The monoisotopic (exact) mass is 799 g/mol. The zero-order valence-corrected chi connectivity index (χ0v) is 32.4. The van der Waals surface area contributed by atoms with Gasteiger partial charge in [0, 0.05) is 31.5 Å². The molecule has 0 aliphatic rings. The molecule has 0 atom stereocenters. The minimum atomic E-state index is -1.18. The zero-order chi connectivity index (χ0) is 38.3. The van der Waals surface area contributed by atoms with E-state index in [2.05, 4.69) is 10.6 Å². The fraction of sp³-hybridized carbons (Fsp3) is 0.500. The Morgan fingerprint density at radius 3 is 0.863 bits per heavy atom. The molecule has 0 saturated heterocycles. The molecule has 0 bridgehead atoms. The molecule has 2 aromatic carbocycles. The first-order chi connectivity index (χ1) is 23.2. The van der Waals surface area contributed by atoms with Crippen LogP contribution in [0.15, 0.2) is 36.4 Å². The van der Waals surface area contributed by atoms with Crippen molar-refractivity contribution in [2.45, 2.75) is 79.1 Å². The Labute approximate surface area is 312 Å². The van der Waals surface area contributed by atoms with E-state index in [0.29, 0.717) is 0 Å². The first-order valence-corrected chi connectivity index (χ1v) is 16.4. The van der Waals surface area contributed by atoms with Gasteiger partial charge >= 0.3 is 23.9 Å². The third-order valence-corrected chi connectivity index (χ3v) is 7.44. The van der Waals surface area contributed by atoms with E-state index in [1.807, 2.05) is 91.8 Å². The summed E-state index contributed by atoms with van der Waals surface area (Å²) < 4.78 is 0. The van der Waals surface area contributed by atoms with Crippen LogP contribution in [0.4, 0.5) is 11.4 Å². The molecule has 1 radical (unpaired) electrons. The summed E-state index contributed by atoms with van der Waals surface area (Å²) in [5.74, 6) is -4.80. The molecule has 0 unspecified atom stereocenters. The van der Waals surface area contributed by atoms with Crippen LogP contribution in [0, 0.1) is 0 Å². The van der Waals surface area contributed by atoms with E-state index in [1.54, 1.807) is 0 Å². The maximum atomic E-state index is 12.4. The fourth-order valence-electron chi connectivity index (χ4n) is 5.26. The van der Waals surface area contributed by atoms with Crippen molar-refractivity contribution in [3.63, 3.8) is 0 Å². The molecule has 2 rings (SSSR count). The maximum Gasteiger partial charge on any atom is 0.317 e. The van der Waals surface area contributed by atoms with Gasteiger partial charge in [-0.05, 0) is 45.9 Å². The van der Waals surface area contributed by atoms with Gasteiger partial charge in [-0.1, -0.05) is 91.8 Å². The molecule has 0 aromatic heterocycles. The predicted octanol–water partition coefficient (Wildman–Crippen LogP) is 4.68. The number of para-hydroxylation sites is 2. The van der Waals surface area contributed by atoms with Gasteiger partial charge in [-0.25, -0.2) is 0 Å². The molecule has 6 N–H and O–H groups in total. The Bertz CT molecular complexity index is 1310. The van der Waals surface area contributed by atoms with Crippen LogP contribution in [0.3, 0.4) is 0 Å². The van der Waals surface area contributed by atoms with E-state index in [1.165, 1.54) is 0 Å². The molecule has 2 amide bonds. The predicted molar refractivity (Wildman–Crippen MR) is 190 cm³/mol. The molecule has 0 aliphatic heterocycles. The van der Waals surface area contributed by atoms with Gasteiger partial charge in [0.2, 0.25) is 11.8 Å². The van der Waals surface area contributed by atoms with E-state index in [-0.39, 0.29) is 56.9 Å². The molecule has 2 aromatic rings. The van der Waals surface area contributed by atoms with Gasteiger partial charge in [-0.2, -0.15) is 0 Å². The number of anilines is 2. The third-order valence-electron chi connectivity index (χ3n) is 7.44. The average Bonchev–Trinajstić information content (AvgIpc) is 2.95. The van der Waals surface area contributed by atoms with E-state index >= 15 is 0 Å². The number of carbonyl (C=O) groups excluding carboxylic acids is 2. The molecule has 283 valence electrons. The first kappa shape index (κ1) is 46.8. The van der Waals surface area contributed by atoms with Crippen molar-refractivity contribution in [2.24, 2.45) is 0 Å². The van der Waals surface area contributed by atoms with E-state index in [4.69, 9.17) is 20.4 Å². The second-order valence-corrected chi connectivity index (χ2v) is 13.2. The van der Waals surface area contributed by atoms with Crippen LogP contribution >= 0.6 is 0 Å². The topological polar surface area (TPSA) is 214 Å². The Hall–Kier alpha value is -4.17. The van der Waals surface area contributed by atoms with Gasteiger partial charge in [0.15, 0.2) is 0 Å². The third kappa shape index (κ3) is 17.1. The van der Waals surface area contributed by atoms with Crippen molar-refractivity contribution in [1.29, 1.82) is 0 Å². The summed E-state index contributed by atoms with van der Waals surface area (Å²) in [5, 5.41) is 41.2. The molecule has 14 nitrogen and oxygen atoms in total. The molecule has 0 aliphatic carbocycles. The number of aliphatic carboxylic acids is 4. The fourth-order valence-corrected chi connectivity index (χ4v) is 5.26. The molecular formula is C36H52N4O10Tc. The molecular weight excluding hydrogens is 747 g/mol. The zero-order valence-electron chi connectivity index (χ0n) is 30.5. The van der Waals surface area contributed by atoms with Crippen LogP contribution in [0.1, 0.15) is 101 Å².